The number of esters is 2. The lowest BCUT2D eigenvalue weighted by molar-refractivity contribution is -0.348. The number of aliphatic hydroxyl groups excluding tert-OH is 4. The molecule has 3 aliphatic heterocycles. The Bertz CT molecular complexity index is 1180. The zero-order chi connectivity index (χ0) is 46.4. The quantitative estimate of drug-likeness (QED) is 0.0352. The molecule has 3 fully saturated rings. The van der Waals surface area contributed by atoms with Crippen LogP contribution in [-0.2, 0) is 52.2 Å². The normalized spacial score (nSPS) is 29.8. The number of unbranched alkanes of at least 4 members (excludes halogenated alkanes) is 24. The third-order valence-electron chi connectivity index (χ3n) is 12.9. The van der Waals surface area contributed by atoms with Gasteiger partial charge in [0, 0.05) is 27.1 Å². The molecule has 0 aromatic carbocycles. The van der Waals surface area contributed by atoms with Crippen LogP contribution in [0.15, 0.2) is 0 Å². The monoisotopic (exact) mass is 919 g/mol. The fourth-order valence-corrected chi connectivity index (χ4v) is 8.76. The highest BCUT2D eigenvalue weighted by molar-refractivity contribution is 5.70. The van der Waals surface area contributed by atoms with Gasteiger partial charge < -0.3 is 63.1 Å². The van der Waals surface area contributed by atoms with Gasteiger partial charge in [-0.3, -0.25) is 9.59 Å². The Morgan fingerprint density at radius 1 is 0.406 bits per heavy atom. The molecule has 0 amide bonds. The van der Waals surface area contributed by atoms with Gasteiger partial charge >= 0.3 is 11.9 Å². The minimum Gasteiger partial charge on any atom is -0.454 e. The summed E-state index contributed by atoms with van der Waals surface area (Å²) in [6.45, 7) is 3.95. The van der Waals surface area contributed by atoms with Gasteiger partial charge in [0.25, 0.3) is 0 Å². The van der Waals surface area contributed by atoms with Crippen LogP contribution in [0.4, 0.5) is 0 Å². The molecule has 3 heterocycles. The Labute approximate surface area is 385 Å². The molecule has 3 saturated heterocycles. The zero-order valence-corrected chi connectivity index (χ0v) is 40.1. The first-order valence-corrected chi connectivity index (χ1v) is 25.5. The average Bonchev–Trinajstić information content (AvgIpc) is 3.29. The Morgan fingerprint density at radius 2 is 0.734 bits per heavy atom. The molecule has 4 N–H and O–H groups in total. The standard InChI is InChI=1S/C49H90O15/c1-5-7-9-11-13-15-17-19-21-23-25-27-29-31-39(50)63-45-43(54)38(35-59-48(45)57-4)61-47-44(55)41(52)37(34-58-47)62-49-46(42(53)36(56-3)33-60-49)64-40(51)32-30-28-26-24-22-20-18-16-14-12-10-8-6-2/h36-38,41-49,52-55H,5-35H2,1-4H3/t36-,37-,38-,41?,42?,43?,44+,45?,46?,47+,48-,49+/m1/s1. The number of methoxy groups -OCH3 is 2. The summed E-state index contributed by atoms with van der Waals surface area (Å²) in [6, 6.07) is 0. The van der Waals surface area contributed by atoms with Crippen LogP contribution in [0.5, 0.6) is 0 Å². The van der Waals surface area contributed by atoms with Crippen molar-refractivity contribution >= 4 is 11.9 Å². The smallest absolute Gasteiger partial charge is 0.306 e. The molecule has 0 aromatic rings. The van der Waals surface area contributed by atoms with Crippen LogP contribution in [-0.4, -0.2) is 140 Å². The maximum absolute atomic E-state index is 12.9. The molecule has 64 heavy (non-hydrogen) atoms. The third kappa shape index (κ3) is 21.6. The number of carbonyl (C=O) groups is 2. The van der Waals surface area contributed by atoms with Crippen molar-refractivity contribution in [1.82, 2.24) is 0 Å². The molecule has 0 bridgehead atoms. The second-order valence-electron chi connectivity index (χ2n) is 18.3. The highest BCUT2D eigenvalue weighted by Crippen LogP contribution is 2.30. The minimum absolute atomic E-state index is 0.0691. The second kappa shape index (κ2) is 34.7. The Hall–Kier alpha value is -1.50. The number of hydrogen-bond donors (Lipinski definition) is 4. The Morgan fingerprint density at radius 3 is 1.16 bits per heavy atom. The van der Waals surface area contributed by atoms with Gasteiger partial charge in [-0.05, 0) is 12.8 Å². The van der Waals surface area contributed by atoms with Crippen molar-refractivity contribution in [3.63, 3.8) is 0 Å². The van der Waals surface area contributed by atoms with E-state index in [-0.39, 0.29) is 32.7 Å². The number of ether oxygens (including phenoxy) is 9. The molecular weight excluding hydrogens is 829 g/mol. The third-order valence-corrected chi connectivity index (χ3v) is 12.9. The molecule has 0 radical (unpaired) electrons. The van der Waals surface area contributed by atoms with Crippen LogP contribution >= 0.6 is 0 Å². The van der Waals surface area contributed by atoms with E-state index in [4.69, 9.17) is 42.6 Å². The summed E-state index contributed by atoms with van der Waals surface area (Å²) in [4.78, 5) is 25.8. The van der Waals surface area contributed by atoms with E-state index < -0.39 is 85.7 Å². The van der Waals surface area contributed by atoms with E-state index in [0.717, 1.165) is 38.5 Å². The van der Waals surface area contributed by atoms with Gasteiger partial charge in [-0.1, -0.05) is 168 Å². The molecule has 0 aromatic heterocycles. The van der Waals surface area contributed by atoms with Crippen LogP contribution in [0.3, 0.4) is 0 Å². The highest BCUT2D eigenvalue weighted by atomic mass is 16.8. The van der Waals surface area contributed by atoms with Gasteiger partial charge in [-0.15, -0.1) is 0 Å². The average molecular weight is 919 g/mol. The summed E-state index contributed by atoms with van der Waals surface area (Å²) in [5, 5.41) is 44.6. The molecule has 12 atom stereocenters. The predicted molar refractivity (Wildman–Crippen MR) is 241 cm³/mol. The summed E-state index contributed by atoms with van der Waals surface area (Å²) < 4.78 is 51.2. The van der Waals surface area contributed by atoms with Crippen molar-refractivity contribution in [2.45, 2.75) is 267 Å². The lowest BCUT2D eigenvalue weighted by atomic mass is 10.0. The van der Waals surface area contributed by atoms with Gasteiger partial charge in [-0.2, -0.15) is 0 Å². The van der Waals surface area contributed by atoms with E-state index in [1.165, 1.54) is 130 Å². The molecular formula is C49H90O15. The van der Waals surface area contributed by atoms with Crippen molar-refractivity contribution in [2.75, 3.05) is 34.0 Å². The predicted octanol–water partition coefficient (Wildman–Crippen LogP) is 7.72. The molecule has 376 valence electrons. The van der Waals surface area contributed by atoms with E-state index in [2.05, 4.69) is 13.8 Å². The lowest BCUT2D eigenvalue weighted by Crippen LogP contribution is -2.62. The Kier molecular flexibility index (Phi) is 30.8. The summed E-state index contributed by atoms with van der Waals surface area (Å²) in [6.07, 6.45) is 16.0. The molecule has 0 aliphatic carbocycles. The maximum Gasteiger partial charge on any atom is 0.306 e. The van der Waals surface area contributed by atoms with Gasteiger partial charge in [0.1, 0.15) is 42.7 Å². The highest BCUT2D eigenvalue weighted by Gasteiger charge is 2.50. The summed E-state index contributed by atoms with van der Waals surface area (Å²) in [5.74, 6) is -0.999. The van der Waals surface area contributed by atoms with E-state index in [1.54, 1.807) is 0 Å². The first-order chi connectivity index (χ1) is 31.1. The molecule has 0 saturated carbocycles. The van der Waals surface area contributed by atoms with E-state index in [9.17, 15) is 30.0 Å². The molecule has 0 spiro atoms. The fourth-order valence-electron chi connectivity index (χ4n) is 8.76. The summed E-state index contributed by atoms with van der Waals surface area (Å²) in [5.41, 5.74) is 0. The molecule has 15 heteroatoms. The fraction of sp³-hybridized carbons (Fsp3) is 0.959. The first kappa shape index (κ1) is 56.8. The lowest BCUT2D eigenvalue weighted by Gasteiger charge is -2.44. The molecule has 5 unspecified atom stereocenters. The van der Waals surface area contributed by atoms with Crippen molar-refractivity contribution in [3.8, 4) is 0 Å². The van der Waals surface area contributed by atoms with Crippen LogP contribution < -0.4 is 0 Å². The number of aliphatic hydroxyl groups is 4. The van der Waals surface area contributed by atoms with E-state index in [0.29, 0.717) is 12.8 Å². The van der Waals surface area contributed by atoms with Crippen LogP contribution in [0.1, 0.15) is 194 Å². The Balaban J connectivity index is 1.38. The van der Waals surface area contributed by atoms with Crippen LogP contribution in [0.25, 0.3) is 0 Å². The van der Waals surface area contributed by atoms with Gasteiger partial charge in [0.2, 0.25) is 0 Å². The first-order valence-electron chi connectivity index (χ1n) is 25.5. The molecule has 3 rings (SSSR count). The number of hydrogen-bond acceptors (Lipinski definition) is 15. The van der Waals surface area contributed by atoms with Crippen molar-refractivity contribution in [2.24, 2.45) is 0 Å². The van der Waals surface area contributed by atoms with Crippen molar-refractivity contribution < 1.29 is 72.6 Å². The van der Waals surface area contributed by atoms with Crippen molar-refractivity contribution in [1.29, 1.82) is 0 Å². The van der Waals surface area contributed by atoms with Gasteiger partial charge in [-0.25, -0.2) is 0 Å². The summed E-state index contributed by atoms with van der Waals surface area (Å²) in [7, 11) is 2.80. The SMILES string of the molecule is CCCCCCCCCCCCCCCC(=O)OC1C(O)[C@H](OC)CO[C@H]1O[C@@H]1CO[C@@H](O[C@@H]2CO[C@@H](OC)C(OC(=O)CCCCCCCCCCCCCCC)C2O)[C@@H](O)C1O. The van der Waals surface area contributed by atoms with Crippen LogP contribution in [0.2, 0.25) is 0 Å². The zero-order valence-electron chi connectivity index (χ0n) is 40.1. The number of carbonyl (C=O) groups excluding carboxylic acids is 2. The minimum atomic E-state index is -1.65. The maximum atomic E-state index is 12.9. The van der Waals surface area contributed by atoms with E-state index >= 15 is 0 Å². The summed E-state index contributed by atoms with van der Waals surface area (Å²) >= 11 is 0. The second-order valence-corrected chi connectivity index (χ2v) is 18.3. The van der Waals surface area contributed by atoms with Gasteiger partial charge in [0.05, 0.1) is 19.8 Å². The topological polar surface area (TPSA) is 198 Å². The largest absolute Gasteiger partial charge is 0.454 e. The van der Waals surface area contributed by atoms with Crippen LogP contribution in [0, 0.1) is 0 Å². The van der Waals surface area contributed by atoms with Gasteiger partial charge in [0.15, 0.2) is 31.1 Å². The number of rotatable bonds is 36. The molecule has 3 aliphatic rings. The van der Waals surface area contributed by atoms with Crippen molar-refractivity contribution in [3.05, 3.63) is 0 Å². The van der Waals surface area contributed by atoms with E-state index in [1.807, 2.05) is 0 Å². The molecule has 15 nitrogen and oxygen atoms in total.